The average molecular weight is 277 g/mol. The summed E-state index contributed by atoms with van der Waals surface area (Å²) in [6.45, 7) is 0. The molecule has 0 radical (unpaired) electrons. The van der Waals surface area contributed by atoms with Gasteiger partial charge < -0.3 is 4.74 Å². The zero-order valence-corrected chi connectivity index (χ0v) is 10.3. The lowest BCUT2D eigenvalue weighted by Gasteiger charge is -2.10. The summed E-state index contributed by atoms with van der Waals surface area (Å²) in [7, 11) is 0. The van der Waals surface area contributed by atoms with Crippen LogP contribution >= 0.6 is 11.6 Å². The summed E-state index contributed by atoms with van der Waals surface area (Å²) < 4.78 is 39.9. The third-order valence-corrected chi connectivity index (χ3v) is 2.89. The van der Waals surface area contributed by atoms with E-state index in [1.54, 1.807) is 12.1 Å². The molecule has 18 heavy (non-hydrogen) atoms. The van der Waals surface area contributed by atoms with Gasteiger partial charge in [0, 0.05) is 5.88 Å². The first-order chi connectivity index (χ1) is 8.49. The number of alkyl halides is 4. The molecule has 1 aromatic rings. The first-order valence-corrected chi connectivity index (χ1v) is 6.15. The van der Waals surface area contributed by atoms with Crippen LogP contribution < -0.4 is 4.74 Å². The number of hydrogen-bond acceptors (Lipinski definition) is 1. The molecule has 1 aliphatic carbocycles. The van der Waals surface area contributed by atoms with Gasteiger partial charge in [-0.05, 0) is 42.0 Å². The van der Waals surface area contributed by atoms with Crippen molar-refractivity contribution in [3.05, 3.63) is 35.9 Å². The van der Waals surface area contributed by atoms with Gasteiger partial charge in [0.05, 0.1) is 0 Å². The van der Waals surface area contributed by atoms with Crippen molar-refractivity contribution >= 4 is 17.2 Å². The molecule has 98 valence electrons. The summed E-state index contributed by atoms with van der Waals surface area (Å²) in [4.78, 5) is 0. The van der Waals surface area contributed by atoms with Gasteiger partial charge in [-0.2, -0.15) is 0 Å². The van der Waals surface area contributed by atoms with E-state index in [4.69, 9.17) is 11.6 Å². The molecule has 2 rings (SSSR count). The fraction of sp³-hybridized carbons (Fsp3) is 0.385. The highest BCUT2D eigenvalue weighted by atomic mass is 35.5. The lowest BCUT2D eigenvalue weighted by atomic mass is 10.0. The molecule has 0 bridgehead atoms. The topological polar surface area (TPSA) is 9.23 Å². The van der Waals surface area contributed by atoms with Crippen LogP contribution in [0.25, 0.3) is 5.57 Å². The van der Waals surface area contributed by atoms with Crippen LogP contribution in [0, 0.1) is 5.92 Å². The Morgan fingerprint density at radius 1 is 1.28 bits per heavy atom. The van der Waals surface area contributed by atoms with Crippen molar-refractivity contribution in [2.45, 2.75) is 19.2 Å². The minimum Gasteiger partial charge on any atom is -0.406 e. The summed E-state index contributed by atoms with van der Waals surface area (Å²) in [6, 6.07) is 5.93. The smallest absolute Gasteiger partial charge is 0.406 e. The van der Waals surface area contributed by atoms with Gasteiger partial charge >= 0.3 is 6.36 Å². The predicted octanol–water partition coefficient (Wildman–Crippen LogP) is 4.62. The Morgan fingerprint density at radius 3 is 2.33 bits per heavy atom. The maximum atomic E-state index is 12.0. The SMILES string of the molecule is FC(F)(F)Oc1ccc(/C(=C\CCl)C2CC2)cc1. The van der Waals surface area contributed by atoms with E-state index in [0.29, 0.717) is 11.8 Å². The molecule has 5 heteroatoms. The van der Waals surface area contributed by atoms with Crippen LogP contribution in [-0.2, 0) is 0 Å². The number of halogens is 4. The molecule has 1 saturated carbocycles. The highest BCUT2D eigenvalue weighted by Gasteiger charge is 2.31. The second-order valence-corrected chi connectivity index (χ2v) is 4.47. The fourth-order valence-corrected chi connectivity index (χ4v) is 2.01. The molecule has 0 unspecified atom stereocenters. The van der Waals surface area contributed by atoms with E-state index in [-0.39, 0.29) is 5.75 Å². The van der Waals surface area contributed by atoms with Crippen LogP contribution in [0.5, 0.6) is 5.75 Å². The van der Waals surface area contributed by atoms with Crippen LogP contribution in [0.4, 0.5) is 13.2 Å². The van der Waals surface area contributed by atoms with Crippen LogP contribution in [-0.4, -0.2) is 12.2 Å². The zero-order chi connectivity index (χ0) is 13.2. The van der Waals surface area contributed by atoms with Gasteiger partial charge in [0.15, 0.2) is 0 Å². The molecule has 1 aromatic carbocycles. The molecular formula is C13H12ClF3O. The Bertz CT molecular complexity index is 433. The lowest BCUT2D eigenvalue weighted by molar-refractivity contribution is -0.274. The fourth-order valence-electron chi connectivity index (χ4n) is 1.85. The maximum absolute atomic E-state index is 12.0. The van der Waals surface area contributed by atoms with E-state index in [2.05, 4.69) is 4.74 Å². The second-order valence-electron chi connectivity index (χ2n) is 4.16. The quantitative estimate of drug-likeness (QED) is 0.729. The zero-order valence-electron chi connectivity index (χ0n) is 9.51. The molecule has 0 saturated heterocycles. The molecule has 0 heterocycles. The number of benzene rings is 1. The molecular weight excluding hydrogens is 265 g/mol. The van der Waals surface area contributed by atoms with Crippen molar-refractivity contribution in [3.8, 4) is 5.75 Å². The van der Waals surface area contributed by atoms with Gasteiger partial charge in [-0.25, -0.2) is 0 Å². The summed E-state index contributed by atoms with van der Waals surface area (Å²) in [5, 5.41) is 0. The van der Waals surface area contributed by atoms with Crippen molar-refractivity contribution in [3.63, 3.8) is 0 Å². The molecule has 1 aliphatic rings. The number of ether oxygens (including phenoxy) is 1. The van der Waals surface area contributed by atoms with E-state index < -0.39 is 6.36 Å². The molecule has 0 spiro atoms. The molecule has 0 aliphatic heterocycles. The van der Waals surface area contributed by atoms with Crippen LogP contribution in [0.3, 0.4) is 0 Å². The predicted molar refractivity (Wildman–Crippen MR) is 64.5 cm³/mol. The normalized spacial score (nSPS) is 16.8. The van der Waals surface area contributed by atoms with Crippen molar-refractivity contribution < 1.29 is 17.9 Å². The highest BCUT2D eigenvalue weighted by Crippen LogP contribution is 2.42. The maximum Gasteiger partial charge on any atom is 0.573 e. The molecule has 1 fully saturated rings. The van der Waals surface area contributed by atoms with Gasteiger partial charge in [-0.1, -0.05) is 18.2 Å². The Balaban J connectivity index is 2.13. The monoisotopic (exact) mass is 276 g/mol. The number of hydrogen-bond donors (Lipinski definition) is 0. The van der Waals surface area contributed by atoms with Crippen molar-refractivity contribution in [2.24, 2.45) is 5.92 Å². The highest BCUT2D eigenvalue weighted by molar-refractivity contribution is 6.19. The largest absolute Gasteiger partial charge is 0.573 e. The first kappa shape index (κ1) is 13.3. The molecule has 0 N–H and O–H groups in total. The summed E-state index contributed by atoms with van der Waals surface area (Å²) in [5.41, 5.74) is 2.02. The van der Waals surface area contributed by atoms with E-state index in [9.17, 15) is 13.2 Å². The van der Waals surface area contributed by atoms with E-state index >= 15 is 0 Å². The Morgan fingerprint density at radius 2 is 1.89 bits per heavy atom. The van der Waals surface area contributed by atoms with Gasteiger partial charge in [0.25, 0.3) is 0 Å². The molecule has 0 amide bonds. The first-order valence-electron chi connectivity index (χ1n) is 5.62. The Kier molecular flexibility index (Phi) is 3.85. The molecule has 0 aromatic heterocycles. The van der Waals surface area contributed by atoms with Gasteiger partial charge in [-0.3, -0.25) is 0 Å². The van der Waals surface area contributed by atoms with Crippen LogP contribution in [0.1, 0.15) is 18.4 Å². The Labute approximate surface area is 108 Å². The minimum atomic E-state index is -4.65. The summed E-state index contributed by atoms with van der Waals surface area (Å²) in [5.74, 6) is 0.706. The Hall–Kier alpha value is -1.16. The third-order valence-electron chi connectivity index (χ3n) is 2.74. The molecule has 0 atom stereocenters. The number of allylic oxidation sites excluding steroid dienone is 2. The van der Waals surface area contributed by atoms with E-state index in [1.165, 1.54) is 12.1 Å². The standard InChI is InChI=1S/C13H12ClF3O/c14-8-7-12(9-1-2-9)10-3-5-11(6-4-10)18-13(15,16)17/h3-7,9H,1-2,8H2/b12-7-. The van der Waals surface area contributed by atoms with Crippen molar-refractivity contribution in [1.29, 1.82) is 0 Å². The second kappa shape index (κ2) is 5.22. The van der Waals surface area contributed by atoms with E-state index in [1.807, 2.05) is 6.08 Å². The van der Waals surface area contributed by atoms with Crippen LogP contribution in [0.2, 0.25) is 0 Å². The summed E-state index contributed by atoms with van der Waals surface area (Å²) >= 11 is 5.69. The minimum absolute atomic E-state index is 0.202. The van der Waals surface area contributed by atoms with Crippen molar-refractivity contribution in [1.82, 2.24) is 0 Å². The van der Waals surface area contributed by atoms with Crippen molar-refractivity contribution in [2.75, 3.05) is 5.88 Å². The summed E-state index contributed by atoms with van der Waals surface area (Å²) in [6.07, 6.45) is -0.501. The van der Waals surface area contributed by atoms with Crippen LogP contribution in [0.15, 0.2) is 30.3 Å². The van der Waals surface area contributed by atoms with Gasteiger partial charge in [-0.15, -0.1) is 24.8 Å². The average Bonchev–Trinajstić information content (AvgIpc) is 3.09. The lowest BCUT2D eigenvalue weighted by Crippen LogP contribution is -2.17. The van der Waals surface area contributed by atoms with Gasteiger partial charge in [0.1, 0.15) is 5.75 Å². The molecule has 1 nitrogen and oxygen atoms in total. The number of rotatable bonds is 4. The van der Waals surface area contributed by atoms with E-state index in [0.717, 1.165) is 24.0 Å². The third kappa shape index (κ3) is 3.67. The van der Waals surface area contributed by atoms with Gasteiger partial charge in [0.2, 0.25) is 0 Å².